The smallest absolute Gasteiger partial charge is 0.0759 e. The third-order valence-electron chi connectivity index (χ3n) is 4.17. The lowest BCUT2D eigenvalue weighted by Gasteiger charge is -2.28. The van der Waals surface area contributed by atoms with Gasteiger partial charge in [0, 0.05) is 26.1 Å². The molecule has 2 unspecified atom stereocenters. The van der Waals surface area contributed by atoms with Gasteiger partial charge >= 0.3 is 0 Å². The van der Waals surface area contributed by atoms with Gasteiger partial charge in [-0.15, -0.1) is 0 Å². The molecule has 1 saturated carbocycles. The molecule has 2 atom stereocenters. The van der Waals surface area contributed by atoms with Gasteiger partial charge in [-0.1, -0.05) is 6.92 Å². The monoisotopic (exact) mass is 357 g/mol. The van der Waals surface area contributed by atoms with Crippen molar-refractivity contribution in [3.05, 3.63) is 15.9 Å². The first-order valence-corrected chi connectivity index (χ1v) is 8.90. The third kappa shape index (κ3) is 4.30. The summed E-state index contributed by atoms with van der Waals surface area (Å²) in [7, 11) is 2.02. The Morgan fingerprint density at radius 2 is 2.14 bits per heavy atom. The first kappa shape index (κ1) is 17.0. The topological polar surface area (TPSA) is 39.1 Å². The SMILES string of the molecule is CCCNC(Cc1c(Br)c(C)nn1C)C(OCC)C1CC1. The number of nitrogens with zero attached hydrogens (tertiary/aromatic N) is 2. The van der Waals surface area contributed by atoms with Gasteiger partial charge in [0.1, 0.15) is 0 Å². The van der Waals surface area contributed by atoms with Crippen LogP contribution in [-0.2, 0) is 18.2 Å². The molecular weight excluding hydrogens is 330 g/mol. The van der Waals surface area contributed by atoms with E-state index in [4.69, 9.17) is 4.74 Å². The van der Waals surface area contributed by atoms with E-state index in [1.54, 1.807) is 0 Å². The molecule has 0 radical (unpaired) electrons. The van der Waals surface area contributed by atoms with Crippen LogP contribution in [0.3, 0.4) is 0 Å². The Hall–Kier alpha value is -0.390. The van der Waals surface area contributed by atoms with Crippen LogP contribution < -0.4 is 5.32 Å². The highest BCUT2D eigenvalue weighted by atomic mass is 79.9. The molecule has 1 heterocycles. The van der Waals surface area contributed by atoms with Gasteiger partial charge in [-0.05, 0) is 61.5 Å². The molecule has 1 aromatic heterocycles. The standard InChI is InChI=1S/C16H28BrN3O/c1-5-9-18-13(16(21-6-2)12-7-8-12)10-14-15(17)11(3)19-20(14)4/h12-13,16,18H,5-10H2,1-4H3. The highest BCUT2D eigenvalue weighted by Crippen LogP contribution is 2.37. The number of nitrogens with one attached hydrogen (secondary N) is 1. The summed E-state index contributed by atoms with van der Waals surface area (Å²) < 4.78 is 9.21. The van der Waals surface area contributed by atoms with Gasteiger partial charge in [-0.2, -0.15) is 5.10 Å². The summed E-state index contributed by atoms with van der Waals surface area (Å²) in [5.74, 6) is 0.729. The molecule has 5 heteroatoms. The van der Waals surface area contributed by atoms with Gasteiger partial charge in [0.05, 0.1) is 22.0 Å². The first-order chi connectivity index (χ1) is 10.1. The van der Waals surface area contributed by atoms with Crippen LogP contribution >= 0.6 is 15.9 Å². The molecule has 0 spiro atoms. The molecule has 120 valence electrons. The maximum atomic E-state index is 6.08. The van der Waals surface area contributed by atoms with E-state index in [9.17, 15) is 0 Å². The minimum atomic E-state index is 0.323. The van der Waals surface area contributed by atoms with Crippen molar-refractivity contribution in [2.45, 2.75) is 58.6 Å². The summed E-state index contributed by atoms with van der Waals surface area (Å²) in [5, 5.41) is 8.21. The van der Waals surface area contributed by atoms with Crippen LogP contribution in [0.2, 0.25) is 0 Å². The molecule has 1 N–H and O–H groups in total. The second kappa shape index (κ2) is 7.75. The zero-order valence-electron chi connectivity index (χ0n) is 13.7. The second-order valence-electron chi connectivity index (χ2n) is 5.99. The Balaban J connectivity index is 2.14. The highest BCUT2D eigenvalue weighted by molar-refractivity contribution is 9.10. The summed E-state index contributed by atoms with van der Waals surface area (Å²) in [4.78, 5) is 0. The Bertz CT molecular complexity index is 457. The van der Waals surface area contributed by atoms with E-state index >= 15 is 0 Å². The predicted molar refractivity (Wildman–Crippen MR) is 89.6 cm³/mol. The Morgan fingerprint density at radius 1 is 1.43 bits per heavy atom. The van der Waals surface area contributed by atoms with Gasteiger partial charge < -0.3 is 10.1 Å². The van der Waals surface area contributed by atoms with Gasteiger partial charge in [-0.3, -0.25) is 4.68 Å². The fourth-order valence-corrected chi connectivity index (χ4v) is 3.44. The fourth-order valence-electron chi connectivity index (χ4n) is 2.94. The van der Waals surface area contributed by atoms with Crippen molar-refractivity contribution in [3.8, 4) is 0 Å². The van der Waals surface area contributed by atoms with Crippen LogP contribution in [0.25, 0.3) is 0 Å². The van der Waals surface area contributed by atoms with Crippen molar-refractivity contribution in [1.82, 2.24) is 15.1 Å². The number of ether oxygens (including phenoxy) is 1. The molecule has 1 aliphatic carbocycles. The number of aryl methyl sites for hydroxylation is 2. The number of hydrogen-bond donors (Lipinski definition) is 1. The van der Waals surface area contributed by atoms with Crippen molar-refractivity contribution in [1.29, 1.82) is 0 Å². The Morgan fingerprint density at radius 3 is 2.62 bits per heavy atom. The van der Waals surface area contributed by atoms with Crippen LogP contribution in [0.5, 0.6) is 0 Å². The maximum Gasteiger partial charge on any atom is 0.0759 e. The minimum Gasteiger partial charge on any atom is -0.377 e. The number of rotatable bonds is 9. The van der Waals surface area contributed by atoms with Crippen LogP contribution in [-0.4, -0.2) is 35.1 Å². The maximum absolute atomic E-state index is 6.08. The second-order valence-corrected chi connectivity index (χ2v) is 6.78. The number of halogens is 1. The molecule has 0 bridgehead atoms. The van der Waals surface area contributed by atoms with Crippen LogP contribution in [0, 0.1) is 12.8 Å². The van der Waals surface area contributed by atoms with Gasteiger partial charge in [-0.25, -0.2) is 0 Å². The molecular formula is C16H28BrN3O. The van der Waals surface area contributed by atoms with E-state index in [0.29, 0.717) is 12.1 Å². The van der Waals surface area contributed by atoms with E-state index in [1.807, 2.05) is 18.7 Å². The zero-order valence-corrected chi connectivity index (χ0v) is 15.2. The molecule has 0 aromatic carbocycles. The molecule has 1 aliphatic rings. The summed E-state index contributed by atoms with van der Waals surface area (Å²) in [6.07, 6.45) is 5.04. The van der Waals surface area contributed by atoms with Crippen molar-refractivity contribution in [2.24, 2.45) is 13.0 Å². The molecule has 0 amide bonds. The molecule has 4 nitrogen and oxygen atoms in total. The first-order valence-electron chi connectivity index (χ1n) is 8.11. The van der Waals surface area contributed by atoms with Crippen molar-refractivity contribution < 1.29 is 4.74 Å². The van der Waals surface area contributed by atoms with E-state index in [1.165, 1.54) is 18.5 Å². The molecule has 21 heavy (non-hydrogen) atoms. The lowest BCUT2D eigenvalue weighted by molar-refractivity contribution is 0.0188. The third-order valence-corrected chi connectivity index (χ3v) is 5.21. The van der Waals surface area contributed by atoms with Crippen LogP contribution in [0.4, 0.5) is 0 Å². The van der Waals surface area contributed by atoms with Gasteiger partial charge in [0.2, 0.25) is 0 Å². The molecule has 2 rings (SSSR count). The summed E-state index contributed by atoms with van der Waals surface area (Å²) in [5.41, 5.74) is 2.31. The normalized spacial score (nSPS) is 18.0. The van der Waals surface area contributed by atoms with E-state index in [-0.39, 0.29) is 0 Å². The van der Waals surface area contributed by atoms with E-state index < -0.39 is 0 Å². The largest absolute Gasteiger partial charge is 0.377 e. The summed E-state index contributed by atoms with van der Waals surface area (Å²) in [6.45, 7) is 8.17. The summed E-state index contributed by atoms with van der Waals surface area (Å²) >= 11 is 3.69. The molecule has 0 saturated heterocycles. The van der Waals surface area contributed by atoms with Gasteiger partial charge in [0.15, 0.2) is 0 Å². The Kier molecular flexibility index (Phi) is 6.26. The van der Waals surface area contributed by atoms with Crippen LogP contribution in [0.1, 0.15) is 44.5 Å². The van der Waals surface area contributed by atoms with E-state index in [0.717, 1.165) is 42.1 Å². The molecule has 1 aromatic rings. The highest BCUT2D eigenvalue weighted by Gasteiger charge is 2.37. The Labute approximate surface area is 136 Å². The number of aromatic nitrogens is 2. The average molecular weight is 358 g/mol. The quantitative estimate of drug-likeness (QED) is 0.737. The lowest BCUT2D eigenvalue weighted by atomic mass is 10.0. The zero-order chi connectivity index (χ0) is 15.4. The van der Waals surface area contributed by atoms with Gasteiger partial charge in [0.25, 0.3) is 0 Å². The van der Waals surface area contributed by atoms with Crippen molar-refractivity contribution in [3.63, 3.8) is 0 Å². The predicted octanol–water partition coefficient (Wildman–Crippen LogP) is 3.22. The average Bonchev–Trinajstić information content (AvgIpc) is 3.25. The fraction of sp³-hybridized carbons (Fsp3) is 0.812. The van der Waals surface area contributed by atoms with E-state index in [2.05, 4.69) is 40.2 Å². The minimum absolute atomic E-state index is 0.323. The van der Waals surface area contributed by atoms with Crippen molar-refractivity contribution >= 4 is 15.9 Å². The molecule has 1 fully saturated rings. The van der Waals surface area contributed by atoms with Crippen molar-refractivity contribution in [2.75, 3.05) is 13.2 Å². The lowest BCUT2D eigenvalue weighted by Crippen LogP contribution is -2.45. The van der Waals surface area contributed by atoms with Crippen LogP contribution in [0.15, 0.2) is 4.47 Å². The summed E-state index contributed by atoms with van der Waals surface area (Å²) in [6, 6.07) is 0.364. The number of hydrogen-bond acceptors (Lipinski definition) is 3. The molecule has 0 aliphatic heterocycles.